The standard InChI is InChI=1S/C27H35N5O5/c1-4-37-25-21(6-5-7-23(25)35-3)18-30(2)24(33)9-8-20-16-22-19-32(27(34)29-26(22)28-17-20)11-10-31-12-14-36-15-13-31/h5-9,16-17H,4,10-15,18-19H2,1-3H3,(H,28,29,34)/b9-8+. The molecule has 37 heavy (non-hydrogen) atoms. The number of urea groups is 1. The number of methoxy groups -OCH3 is 1. The minimum atomic E-state index is -0.150. The summed E-state index contributed by atoms with van der Waals surface area (Å²) in [5, 5.41) is 2.87. The van der Waals surface area contributed by atoms with Gasteiger partial charge in [-0.2, -0.15) is 0 Å². The molecule has 2 aliphatic heterocycles. The average molecular weight is 510 g/mol. The number of aromatic nitrogens is 1. The van der Waals surface area contributed by atoms with Crippen molar-refractivity contribution in [1.29, 1.82) is 0 Å². The van der Waals surface area contributed by atoms with Crippen molar-refractivity contribution in [3.63, 3.8) is 0 Å². The van der Waals surface area contributed by atoms with E-state index in [4.69, 9.17) is 14.2 Å². The van der Waals surface area contributed by atoms with E-state index in [1.165, 1.54) is 6.08 Å². The van der Waals surface area contributed by atoms with Gasteiger partial charge in [-0.15, -0.1) is 0 Å². The summed E-state index contributed by atoms with van der Waals surface area (Å²) in [5.74, 6) is 1.70. The lowest BCUT2D eigenvalue weighted by Crippen LogP contribution is -2.45. The molecule has 1 N–H and O–H groups in total. The zero-order valence-electron chi connectivity index (χ0n) is 21.7. The van der Waals surface area contributed by atoms with Gasteiger partial charge in [0.2, 0.25) is 5.91 Å². The van der Waals surface area contributed by atoms with Crippen LogP contribution in [0.25, 0.3) is 6.08 Å². The number of hydrogen-bond acceptors (Lipinski definition) is 7. The van der Waals surface area contributed by atoms with Crippen molar-refractivity contribution >= 4 is 23.8 Å². The van der Waals surface area contributed by atoms with Gasteiger partial charge < -0.3 is 24.0 Å². The van der Waals surface area contributed by atoms with Gasteiger partial charge in [0.15, 0.2) is 11.5 Å². The summed E-state index contributed by atoms with van der Waals surface area (Å²) >= 11 is 0. The molecule has 4 rings (SSSR count). The van der Waals surface area contributed by atoms with Crippen molar-refractivity contribution in [2.75, 3.05) is 65.5 Å². The lowest BCUT2D eigenvalue weighted by atomic mass is 10.1. The molecule has 0 spiro atoms. The molecule has 0 radical (unpaired) electrons. The summed E-state index contributed by atoms with van der Waals surface area (Å²) < 4.78 is 16.6. The zero-order valence-corrected chi connectivity index (χ0v) is 21.7. The van der Waals surface area contributed by atoms with Crippen LogP contribution < -0.4 is 14.8 Å². The molecule has 1 aromatic carbocycles. The number of nitrogens with one attached hydrogen (secondary N) is 1. The van der Waals surface area contributed by atoms with Crippen LogP contribution in [0.5, 0.6) is 11.5 Å². The highest BCUT2D eigenvalue weighted by Gasteiger charge is 2.24. The van der Waals surface area contributed by atoms with Gasteiger partial charge >= 0.3 is 6.03 Å². The van der Waals surface area contributed by atoms with Gasteiger partial charge in [0.05, 0.1) is 33.5 Å². The quantitative estimate of drug-likeness (QED) is 0.492. The van der Waals surface area contributed by atoms with Gasteiger partial charge in [0, 0.05) is 63.2 Å². The Balaban J connectivity index is 1.38. The monoisotopic (exact) mass is 509 g/mol. The Morgan fingerprint density at radius 1 is 1.27 bits per heavy atom. The number of likely N-dealkylation sites (N-methyl/N-ethyl adjacent to an activating group) is 1. The second kappa shape index (κ2) is 12.6. The number of carbonyl (C=O) groups excluding carboxylic acids is 2. The molecule has 0 unspecified atom stereocenters. The number of fused-ring (bicyclic) bond motifs is 1. The van der Waals surface area contributed by atoms with Crippen molar-refractivity contribution in [2.24, 2.45) is 0 Å². The van der Waals surface area contributed by atoms with Gasteiger partial charge in [0.1, 0.15) is 5.82 Å². The van der Waals surface area contributed by atoms with Crippen LogP contribution in [-0.4, -0.2) is 91.8 Å². The van der Waals surface area contributed by atoms with Crippen LogP contribution in [0, 0.1) is 0 Å². The number of hydrogen-bond donors (Lipinski definition) is 1. The van der Waals surface area contributed by atoms with E-state index in [0.29, 0.717) is 43.6 Å². The van der Waals surface area contributed by atoms with Crippen molar-refractivity contribution in [2.45, 2.75) is 20.0 Å². The zero-order chi connectivity index (χ0) is 26.2. The first-order valence-electron chi connectivity index (χ1n) is 12.5. The second-order valence-electron chi connectivity index (χ2n) is 8.99. The number of rotatable bonds is 10. The third kappa shape index (κ3) is 6.78. The molecule has 3 amide bonds. The van der Waals surface area contributed by atoms with E-state index in [1.807, 2.05) is 31.2 Å². The van der Waals surface area contributed by atoms with E-state index in [1.54, 1.807) is 36.2 Å². The predicted octanol–water partition coefficient (Wildman–Crippen LogP) is 2.84. The molecule has 10 heteroatoms. The molecule has 1 fully saturated rings. The molecular formula is C27H35N5O5. The summed E-state index contributed by atoms with van der Waals surface area (Å²) in [6, 6.07) is 7.46. The fourth-order valence-corrected chi connectivity index (χ4v) is 4.36. The second-order valence-corrected chi connectivity index (χ2v) is 8.99. The Kier molecular flexibility index (Phi) is 8.97. The number of morpholine rings is 1. The summed E-state index contributed by atoms with van der Waals surface area (Å²) in [5.41, 5.74) is 2.58. The van der Waals surface area contributed by atoms with E-state index >= 15 is 0 Å². The van der Waals surface area contributed by atoms with Gasteiger partial charge in [-0.05, 0) is 30.7 Å². The maximum Gasteiger partial charge on any atom is 0.323 e. The number of amides is 3. The fraction of sp³-hybridized carbons (Fsp3) is 0.444. The molecule has 10 nitrogen and oxygen atoms in total. The van der Waals surface area contributed by atoms with E-state index in [0.717, 1.165) is 49.5 Å². The highest BCUT2D eigenvalue weighted by molar-refractivity contribution is 5.93. The number of carbonyl (C=O) groups is 2. The smallest absolute Gasteiger partial charge is 0.323 e. The van der Waals surface area contributed by atoms with Gasteiger partial charge in [-0.1, -0.05) is 12.1 Å². The van der Waals surface area contributed by atoms with Crippen LogP contribution in [-0.2, 0) is 22.6 Å². The number of pyridine rings is 1. The van der Waals surface area contributed by atoms with E-state index in [2.05, 4.69) is 15.2 Å². The van der Waals surface area contributed by atoms with Crippen molar-refractivity contribution in [3.05, 3.63) is 53.2 Å². The molecule has 2 aliphatic rings. The maximum absolute atomic E-state index is 12.8. The van der Waals surface area contributed by atoms with E-state index in [-0.39, 0.29) is 11.9 Å². The third-order valence-corrected chi connectivity index (χ3v) is 6.42. The Hall–Kier alpha value is -3.63. The Labute approximate surface area is 217 Å². The lowest BCUT2D eigenvalue weighted by Gasteiger charge is -2.32. The van der Waals surface area contributed by atoms with Crippen LogP contribution in [0.2, 0.25) is 0 Å². The molecule has 0 aliphatic carbocycles. The Bertz CT molecular complexity index is 1130. The summed E-state index contributed by atoms with van der Waals surface area (Å²) in [6.07, 6.45) is 4.93. The minimum absolute atomic E-state index is 0.141. The van der Waals surface area contributed by atoms with Gasteiger partial charge in [0.25, 0.3) is 0 Å². The average Bonchev–Trinajstić information content (AvgIpc) is 2.92. The number of benzene rings is 1. The molecule has 0 bridgehead atoms. The van der Waals surface area contributed by atoms with Crippen LogP contribution >= 0.6 is 0 Å². The Morgan fingerprint density at radius 2 is 2.08 bits per heavy atom. The summed E-state index contributed by atoms with van der Waals surface area (Å²) in [4.78, 5) is 35.5. The van der Waals surface area contributed by atoms with Crippen molar-refractivity contribution < 1.29 is 23.8 Å². The molecule has 0 saturated carbocycles. The molecular weight excluding hydrogens is 474 g/mol. The largest absolute Gasteiger partial charge is 0.493 e. The topological polar surface area (TPSA) is 96.5 Å². The highest BCUT2D eigenvalue weighted by atomic mass is 16.5. The summed E-state index contributed by atoms with van der Waals surface area (Å²) in [7, 11) is 3.34. The number of para-hydroxylation sites is 1. The number of nitrogens with zero attached hydrogens (tertiary/aromatic N) is 4. The first-order valence-corrected chi connectivity index (χ1v) is 12.5. The van der Waals surface area contributed by atoms with Crippen LogP contribution in [0.15, 0.2) is 36.5 Å². The maximum atomic E-state index is 12.8. The van der Waals surface area contributed by atoms with Crippen LogP contribution in [0.3, 0.4) is 0 Å². The predicted molar refractivity (Wildman–Crippen MR) is 141 cm³/mol. The molecule has 3 heterocycles. The normalized spacial score (nSPS) is 15.9. The molecule has 1 saturated heterocycles. The minimum Gasteiger partial charge on any atom is -0.493 e. The van der Waals surface area contributed by atoms with E-state index < -0.39 is 0 Å². The third-order valence-electron chi connectivity index (χ3n) is 6.42. The van der Waals surface area contributed by atoms with Gasteiger partial charge in [-0.3, -0.25) is 15.0 Å². The van der Waals surface area contributed by atoms with Crippen LogP contribution in [0.1, 0.15) is 23.6 Å². The van der Waals surface area contributed by atoms with E-state index in [9.17, 15) is 9.59 Å². The lowest BCUT2D eigenvalue weighted by molar-refractivity contribution is -0.125. The van der Waals surface area contributed by atoms with Crippen molar-refractivity contribution in [3.8, 4) is 11.5 Å². The number of ether oxygens (including phenoxy) is 3. The Morgan fingerprint density at radius 3 is 2.84 bits per heavy atom. The molecule has 2 aromatic rings. The molecule has 198 valence electrons. The molecule has 0 atom stereocenters. The summed E-state index contributed by atoms with van der Waals surface area (Å²) in [6.45, 7) is 7.93. The number of anilines is 1. The molecule has 1 aromatic heterocycles. The van der Waals surface area contributed by atoms with Crippen LogP contribution in [0.4, 0.5) is 10.6 Å². The SMILES string of the molecule is CCOc1c(CN(C)C(=O)/C=C/c2cnc3c(c2)CN(CCN2CCOCC2)C(=O)N3)cccc1OC. The first kappa shape index (κ1) is 26.4. The fourth-order valence-electron chi connectivity index (χ4n) is 4.36. The first-order chi connectivity index (χ1) is 18.0. The van der Waals surface area contributed by atoms with Gasteiger partial charge in [-0.25, -0.2) is 9.78 Å². The highest BCUT2D eigenvalue weighted by Crippen LogP contribution is 2.32. The van der Waals surface area contributed by atoms with Crippen molar-refractivity contribution in [1.82, 2.24) is 19.7 Å².